The lowest BCUT2D eigenvalue weighted by Gasteiger charge is -2.18. The van der Waals surface area contributed by atoms with Crippen molar-refractivity contribution in [3.05, 3.63) is 41.0 Å². The number of rotatable bonds is 2. The van der Waals surface area contributed by atoms with Gasteiger partial charge in [0.15, 0.2) is 0 Å². The van der Waals surface area contributed by atoms with E-state index in [9.17, 15) is 0 Å². The van der Waals surface area contributed by atoms with E-state index in [-0.39, 0.29) is 0 Å². The summed E-state index contributed by atoms with van der Waals surface area (Å²) in [5, 5.41) is 11.9. The molecule has 5 aromatic rings. The first-order chi connectivity index (χ1) is 13.3. The van der Waals surface area contributed by atoms with Gasteiger partial charge in [-0.2, -0.15) is 0 Å². The van der Waals surface area contributed by atoms with Crippen molar-refractivity contribution in [1.29, 1.82) is 0 Å². The van der Waals surface area contributed by atoms with E-state index in [2.05, 4.69) is 55.8 Å². The Kier molecular flexibility index (Phi) is 3.54. The number of thiophene rings is 1. The maximum atomic E-state index is 4.63. The third-order valence-electron chi connectivity index (χ3n) is 5.16. The van der Waals surface area contributed by atoms with Gasteiger partial charge in [-0.25, -0.2) is 9.97 Å². The molecule has 1 atom stereocenters. The van der Waals surface area contributed by atoms with Crippen molar-refractivity contribution >= 4 is 59.8 Å². The highest BCUT2D eigenvalue weighted by atomic mass is 32.2. The molecular formula is C19H15N5S3. The zero-order chi connectivity index (χ0) is 18.0. The van der Waals surface area contributed by atoms with E-state index in [1.807, 2.05) is 11.3 Å². The molecule has 1 unspecified atom stereocenters. The third-order valence-corrected chi connectivity index (χ3v) is 8.28. The first-order valence-corrected chi connectivity index (χ1v) is 11.4. The minimum absolute atomic E-state index is 0.753. The number of hydrogen-bond donors (Lipinski definition) is 0. The Labute approximate surface area is 167 Å². The fourth-order valence-electron chi connectivity index (χ4n) is 3.83. The molecule has 4 heterocycles. The number of para-hydroxylation sites is 1. The van der Waals surface area contributed by atoms with Crippen molar-refractivity contribution in [3.8, 4) is 0 Å². The molecule has 5 nitrogen and oxygen atoms in total. The van der Waals surface area contributed by atoms with Gasteiger partial charge in [-0.3, -0.25) is 4.40 Å². The number of fused-ring (bicyclic) bond motifs is 6. The summed E-state index contributed by atoms with van der Waals surface area (Å²) in [7, 11) is 0. The van der Waals surface area contributed by atoms with Gasteiger partial charge in [0, 0.05) is 10.3 Å². The molecule has 8 heteroatoms. The average molecular weight is 410 g/mol. The summed E-state index contributed by atoms with van der Waals surface area (Å²) < 4.78 is 3.36. The summed E-state index contributed by atoms with van der Waals surface area (Å²) in [4.78, 5) is 12.7. The van der Waals surface area contributed by atoms with E-state index in [1.54, 1.807) is 29.4 Å². The Hall–Kier alpha value is -2.03. The van der Waals surface area contributed by atoms with Crippen LogP contribution in [0.15, 0.2) is 40.8 Å². The smallest absolute Gasteiger partial charge is 0.217 e. The Balaban J connectivity index is 1.52. The molecule has 1 aliphatic carbocycles. The summed E-state index contributed by atoms with van der Waals surface area (Å²) in [6.45, 7) is 2.34. The summed E-state index contributed by atoms with van der Waals surface area (Å²) in [5.41, 5.74) is 2.60. The molecule has 0 amide bonds. The van der Waals surface area contributed by atoms with Crippen LogP contribution in [0.5, 0.6) is 0 Å². The van der Waals surface area contributed by atoms with Crippen LogP contribution >= 0.6 is 34.4 Å². The van der Waals surface area contributed by atoms with Crippen LogP contribution in [0.2, 0.25) is 0 Å². The highest BCUT2D eigenvalue weighted by molar-refractivity contribution is 7.99. The summed E-state index contributed by atoms with van der Waals surface area (Å²) in [6, 6.07) is 8.37. The molecule has 0 fully saturated rings. The van der Waals surface area contributed by atoms with E-state index < -0.39 is 0 Å². The van der Waals surface area contributed by atoms with Gasteiger partial charge < -0.3 is 0 Å². The highest BCUT2D eigenvalue weighted by Crippen LogP contribution is 2.42. The lowest BCUT2D eigenvalue weighted by molar-refractivity contribution is 0.509. The second-order valence-electron chi connectivity index (χ2n) is 6.98. The highest BCUT2D eigenvalue weighted by Gasteiger charge is 2.24. The maximum absolute atomic E-state index is 4.63. The predicted octanol–water partition coefficient (Wildman–Crippen LogP) is 5.22. The van der Waals surface area contributed by atoms with Gasteiger partial charge in [-0.05, 0) is 54.6 Å². The number of benzene rings is 1. The Bertz CT molecular complexity index is 1320. The van der Waals surface area contributed by atoms with Crippen molar-refractivity contribution in [2.45, 2.75) is 36.4 Å². The average Bonchev–Trinajstić information content (AvgIpc) is 3.33. The van der Waals surface area contributed by atoms with Crippen LogP contribution in [-0.2, 0) is 12.8 Å². The zero-order valence-electron chi connectivity index (χ0n) is 14.5. The first-order valence-electron chi connectivity index (χ1n) is 8.93. The van der Waals surface area contributed by atoms with Crippen LogP contribution in [-0.4, -0.2) is 24.6 Å². The molecule has 4 aromatic heterocycles. The van der Waals surface area contributed by atoms with E-state index >= 15 is 0 Å². The van der Waals surface area contributed by atoms with E-state index in [0.717, 1.165) is 44.2 Å². The maximum Gasteiger partial charge on any atom is 0.217 e. The first kappa shape index (κ1) is 16.0. The monoisotopic (exact) mass is 409 g/mol. The normalized spacial score (nSPS) is 17.1. The molecule has 0 spiro atoms. The third kappa shape index (κ3) is 2.43. The molecule has 0 N–H and O–H groups in total. The van der Waals surface area contributed by atoms with Crippen molar-refractivity contribution < 1.29 is 0 Å². The van der Waals surface area contributed by atoms with Crippen LogP contribution in [0.1, 0.15) is 23.8 Å². The quantitative estimate of drug-likeness (QED) is 0.374. The van der Waals surface area contributed by atoms with Gasteiger partial charge in [0.2, 0.25) is 10.1 Å². The fraction of sp³-hybridized carbons (Fsp3) is 0.263. The lowest BCUT2D eigenvalue weighted by Crippen LogP contribution is -2.08. The van der Waals surface area contributed by atoms with E-state index in [4.69, 9.17) is 0 Å². The molecule has 0 bridgehead atoms. The molecule has 0 saturated heterocycles. The number of hydrogen-bond acceptors (Lipinski definition) is 7. The van der Waals surface area contributed by atoms with Gasteiger partial charge in [0.1, 0.15) is 16.2 Å². The molecule has 27 heavy (non-hydrogen) atoms. The number of thiazole rings is 1. The molecule has 0 aliphatic heterocycles. The zero-order valence-corrected chi connectivity index (χ0v) is 17.0. The van der Waals surface area contributed by atoms with Crippen LogP contribution in [0.3, 0.4) is 0 Å². The number of nitrogens with zero attached hydrogens (tertiary/aromatic N) is 5. The van der Waals surface area contributed by atoms with Crippen LogP contribution in [0.25, 0.3) is 25.4 Å². The minimum atomic E-state index is 0.753. The summed E-state index contributed by atoms with van der Waals surface area (Å²) in [5.74, 6) is 0.753. The Morgan fingerprint density at radius 2 is 2.07 bits per heavy atom. The van der Waals surface area contributed by atoms with Gasteiger partial charge >= 0.3 is 0 Å². The molecule has 0 saturated carbocycles. The topological polar surface area (TPSA) is 56.0 Å². The van der Waals surface area contributed by atoms with Crippen molar-refractivity contribution in [2.24, 2.45) is 5.92 Å². The second-order valence-corrected chi connectivity index (χ2v) is 10.0. The van der Waals surface area contributed by atoms with Crippen LogP contribution < -0.4 is 0 Å². The Morgan fingerprint density at radius 3 is 3.04 bits per heavy atom. The molecule has 1 aliphatic rings. The predicted molar refractivity (Wildman–Crippen MR) is 111 cm³/mol. The second kappa shape index (κ2) is 5.98. The van der Waals surface area contributed by atoms with E-state index in [0.29, 0.717) is 0 Å². The van der Waals surface area contributed by atoms with E-state index in [1.165, 1.54) is 26.9 Å². The van der Waals surface area contributed by atoms with Crippen LogP contribution in [0.4, 0.5) is 0 Å². The van der Waals surface area contributed by atoms with Crippen molar-refractivity contribution in [3.63, 3.8) is 0 Å². The molecule has 134 valence electrons. The molecular weight excluding hydrogens is 394 g/mol. The molecule has 1 aromatic carbocycles. The van der Waals surface area contributed by atoms with Gasteiger partial charge in [0.25, 0.3) is 0 Å². The van der Waals surface area contributed by atoms with Crippen molar-refractivity contribution in [1.82, 2.24) is 24.6 Å². The molecule has 6 rings (SSSR count). The number of aryl methyl sites for hydroxylation is 1. The van der Waals surface area contributed by atoms with Gasteiger partial charge in [-0.15, -0.1) is 21.5 Å². The lowest BCUT2D eigenvalue weighted by atomic mass is 9.89. The standard InChI is InChI=1S/C19H15N5S3/c1-10-6-7-11-14(8-10)25-16-15(11)17(21-9-20-16)27-19-23-22-18-24(19)12-4-2-3-5-13(12)26-18/h2-5,9-10H,6-8H2,1H3. The largest absolute Gasteiger partial charge is 0.260 e. The van der Waals surface area contributed by atoms with Crippen molar-refractivity contribution in [2.75, 3.05) is 0 Å². The SMILES string of the molecule is CC1CCc2c(sc3ncnc(Sc4nnc5sc6ccccc6n45)c23)C1. The summed E-state index contributed by atoms with van der Waals surface area (Å²) in [6.07, 6.45) is 5.20. The molecule has 0 radical (unpaired) electrons. The minimum Gasteiger partial charge on any atom is -0.260 e. The number of aromatic nitrogens is 5. The summed E-state index contributed by atoms with van der Waals surface area (Å²) >= 11 is 5.10. The Morgan fingerprint density at radius 1 is 1.15 bits per heavy atom. The van der Waals surface area contributed by atoms with Crippen LogP contribution in [0, 0.1) is 5.92 Å². The van der Waals surface area contributed by atoms with Gasteiger partial charge in [-0.1, -0.05) is 30.4 Å². The fourth-order valence-corrected chi connectivity index (χ4v) is 7.22. The van der Waals surface area contributed by atoms with Gasteiger partial charge in [0.05, 0.1) is 10.2 Å².